The van der Waals surface area contributed by atoms with E-state index in [2.05, 4.69) is 73.6 Å². The summed E-state index contributed by atoms with van der Waals surface area (Å²) in [6, 6.07) is 19.8. The van der Waals surface area contributed by atoms with Gasteiger partial charge in [-0.05, 0) is 68.6 Å². The number of aryl methyl sites for hydroxylation is 2. The lowest BCUT2D eigenvalue weighted by Gasteiger charge is -2.30. The predicted octanol–water partition coefficient (Wildman–Crippen LogP) is 4.36. The molecule has 3 heteroatoms. The molecule has 0 radical (unpaired) electrons. The number of halogens is 1. The molecule has 0 saturated carbocycles. The summed E-state index contributed by atoms with van der Waals surface area (Å²) in [5.41, 5.74) is 4.57. The van der Waals surface area contributed by atoms with Crippen molar-refractivity contribution in [1.29, 1.82) is 5.26 Å². The SMILES string of the molecule is CN(C)CCCC1(C#N)c2ccccc2CCc2ccccc21.Cl. The molecule has 0 spiro atoms. The molecular weight excluding hydrogens is 316 g/mol. The Labute approximate surface area is 151 Å². The van der Waals surface area contributed by atoms with E-state index in [4.69, 9.17) is 0 Å². The van der Waals surface area contributed by atoms with Crippen molar-refractivity contribution >= 4 is 12.4 Å². The van der Waals surface area contributed by atoms with Crippen LogP contribution in [0.5, 0.6) is 0 Å². The molecule has 1 aliphatic rings. The second-order valence-electron chi connectivity index (χ2n) is 6.74. The summed E-state index contributed by atoms with van der Waals surface area (Å²) in [6.07, 6.45) is 3.92. The first-order chi connectivity index (χ1) is 11.2. The molecule has 0 aliphatic heterocycles. The van der Waals surface area contributed by atoms with E-state index in [1.165, 1.54) is 22.3 Å². The van der Waals surface area contributed by atoms with E-state index in [-0.39, 0.29) is 12.4 Å². The fourth-order valence-corrected chi connectivity index (χ4v) is 3.83. The van der Waals surface area contributed by atoms with Gasteiger partial charge in [0.05, 0.1) is 6.07 Å². The number of nitrogens with zero attached hydrogens (tertiary/aromatic N) is 2. The molecule has 2 aromatic carbocycles. The maximum absolute atomic E-state index is 10.3. The minimum Gasteiger partial charge on any atom is -0.309 e. The normalized spacial score (nSPS) is 14.8. The molecule has 0 N–H and O–H groups in total. The number of fused-ring (bicyclic) bond motifs is 2. The second kappa shape index (κ2) is 7.83. The third kappa shape index (κ3) is 3.34. The Bertz CT molecular complexity index is 683. The molecule has 0 heterocycles. The van der Waals surface area contributed by atoms with Crippen molar-refractivity contribution in [2.45, 2.75) is 31.1 Å². The molecule has 1 aliphatic carbocycles. The largest absolute Gasteiger partial charge is 0.309 e. The smallest absolute Gasteiger partial charge is 0.108 e. The minimum atomic E-state index is -0.514. The molecule has 0 aromatic heterocycles. The monoisotopic (exact) mass is 340 g/mol. The van der Waals surface area contributed by atoms with Crippen LogP contribution in [0.2, 0.25) is 0 Å². The van der Waals surface area contributed by atoms with E-state index >= 15 is 0 Å². The lowest BCUT2D eigenvalue weighted by Crippen LogP contribution is -2.29. The van der Waals surface area contributed by atoms with Crippen molar-refractivity contribution in [3.8, 4) is 6.07 Å². The van der Waals surface area contributed by atoms with Crippen LogP contribution in [-0.2, 0) is 18.3 Å². The second-order valence-corrected chi connectivity index (χ2v) is 6.74. The van der Waals surface area contributed by atoms with Gasteiger partial charge in [-0.25, -0.2) is 0 Å². The fraction of sp³-hybridized carbons (Fsp3) is 0.381. The highest BCUT2D eigenvalue weighted by atomic mass is 35.5. The van der Waals surface area contributed by atoms with E-state index in [0.29, 0.717) is 0 Å². The minimum absolute atomic E-state index is 0. The van der Waals surface area contributed by atoms with E-state index in [9.17, 15) is 5.26 Å². The van der Waals surface area contributed by atoms with Crippen LogP contribution in [0.4, 0.5) is 0 Å². The van der Waals surface area contributed by atoms with E-state index < -0.39 is 5.41 Å². The fourth-order valence-electron chi connectivity index (χ4n) is 3.83. The van der Waals surface area contributed by atoms with Gasteiger partial charge in [0.2, 0.25) is 0 Å². The number of hydrogen-bond donors (Lipinski definition) is 0. The highest BCUT2D eigenvalue weighted by Gasteiger charge is 2.38. The standard InChI is InChI=1S/C21H24N2.ClH/c1-23(2)15-7-14-21(16-22)19-10-5-3-8-17(19)12-13-18-9-4-6-11-20(18)21;/h3-6,8-11H,7,12-15H2,1-2H3;1H. The zero-order valence-electron chi connectivity index (χ0n) is 14.5. The number of hydrogen-bond acceptors (Lipinski definition) is 2. The Balaban J connectivity index is 0.00000208. The maximum atomic E-state index is 10.3. The quantitative estimate of drug-likeness (QED) is 0.827. The first kappa shape index (κ1) is 18.5. The first-order valence-electron chi connectivity index (χ1n) is 8.40. The van der Waals surface area contributed by atoms with Crippen LogP contribution >= 0.6 is 12.4 Å². The Morgan fingerprint density at radius 1 is 0.958 bits per heavy atom. The van der Waals surface area contributed by atoms with Crippen molar-refractivity contribution in [1.82, 2.24) is 4.90 Å². The zero-order chi connectivity index (χ0) is 16.3. The van der Waals surface area contributed by atoms with Crippen molar-refractivity contribution in [3.63, 3.8) is 0 Å². The van der Waals surface area contributed by atoms with Gasteiger partial charge in [0, 0.05) is 0 Å². The van der Waals surface area contributed by atoms with Gasteiger partial charge < -0.3 is 4.90 Å². The Morgan fingerprint density at radius 3 is 1.92 bits per heavy atom. The van der Waals surface area contributed by atoms with Crippen LogP contribution < -0.4 is 0 Å². The third-order valence-electron chi connectivity index (χ3n) is 4.97. The van der Waals surface area contributed by atoms with E-state index in [1.807, 2.05) is 0 Å². The topological polar surface area (TPSA) is 27.0 Å². The molecule has 0 atom stereocenters. The lowest BCUT2D eigenvalue weighted by atomic mass is 9.70. The van der Waals surface area contributed by atoms with Crippen molar-refractivity contribution in [3.05, 3.63) is 70.8 Å². The van der Waals surface area contributed by atoms with Crippen molar-refractivity contribution in [2.75, 3.05) is 20.6 Å². The van der Waals surface area contributed by atoms with Crippen molar-refractivity contribution in [2.24, 2.45) is 0 Å². The average molecular weight is 341 g/mol. The Morgan fingerprint density at radius 2 is 1.46 bits per heavy atom. The van der Waals surface area contributed by atoms with Crippen molar-refractivity contribution < 1.29 is 0 Å². The predicted molar refractivity (Wildman–Crippen MR) is 102 cm³/mol. The Kier molecular flexibility index (Phi) is 6.04. The lowest BCUT2D eigenvalue weighted by molar-refractivity contribution is 0.379. The maximum Gasteiger partial charge on any atom is 0.108 e. The summed E-state index contributed by atoms with van der Waals surface area (Å²) >= 11 is 0. The van der Waals surface area contributed by atoms with Gasteiger partial charge in [0.25, 0.3) is 0 Å². The number of rotatable bonds is 4. The highest BCUT2D eigenvalue weighted by Crippen LogP contribution is 2.42. The van der Waals surface area contributed by atoms with Gasteiger partial charge in [-0.2, -0.15) is 5.26 Å². The van der Waals surface area contributed by atoms with Gasteiger partial charge in [-0.3, -0.25) is 0 Å². The van der Waals surface area contributed by atoms with Crippen LogP contribution in [0.15, 0.2) is 48.5 Å². The van der Waals surface area contributed by atoms with Gasteiger partial charge >= 0.3 is 0 Å². The van der Waals surface area contributed by atoms with Crippen LogP contribution in [0.25, 0.3) is 0 Å². The first-order valence-corrected chi connectivity index (χ1v) is 8.40. The molecule has 0 fully saturated rings. The molecule has 0 amide bonds. The van der Waals surface area contributed by atoms with Gasteiger partial charge in [-0.1, -0.05) is 48.5 Å². The summed E-state index contributed by atoms with van der Waals surface area (Å²) in [5, 5.41) is 10.3. The zero-order valence-corrected chi connectivity index (χ0v) is 15.3. The summed E-state index contributed by atoms with van der Waals surface area (Å²) < 4.78 is 0. The van der Waals surface area contributed by atoms with Gasteiger partial charge in [-0.15, -0.1) is 12.4 Å². The number of benzene rings is 2. The van der Waals surface area contributed by atoms with Crippen LogP contribution in [-0.4, -0.2) is 25.5 Å². The van der Waals surface area contributed by atoms with Crippen LogP contribution in [0.1, 0.15) is 35.1 Å². The average Bonchev–Trinajstić information content (AvgIpc) is 2.71. The summed E-state index contributed by atoms with van der Waals surface area (Å²) in [5.74, 6) is 0. The molecule has 2 nitrogen and oxygen atoms in total. The third-order valence-corrected chi connectivity index (χ3v) is 4.97. The molecule has 2 aromatic rings. The van der Waals surface area contributed by atoms with Crippen LogP contribution in [0.3, 0.4) is 0 Å². The molecule has 24 heavy (non-hydrogen) atoms. The number of nitriles is 1. The summed E-state index contributed by atoms with van der Waals surface area (Å²) in [6.45, 7) is 1.01. The molecule has 0 unspecified atom stereocenters. The van der Waals surface area contributed by atoms with Gasteiger partial charge in [0.15, 0.2) is 0 Å². The molecule has 126 valence electrons. The Hall–Kier alpha value is -1.82. The van der Waals surface area contributed by atoms with Gasteiger partial charge in [0.1, 0.15) is 5.41 Å². The molecule has 0 saturated heterocycles. The molecule has 3 rings (SSSR count). The molecule has 0 bridgehead atoms. The summed E-state index contributed by atoms with van der Waals surface area (Å²) in [4.78, 5) is 2.19. The summed E-state index contributed by atoms with van der Waals surface area (Å²) in [7, 11) is 4.18. The van der Waals surface area contributed by atoms with E-state index in [1.54, 1.807) is 0 Å². The molecular formula is C21H25ClN2. The van der Waals surface area contributed by atoms with Crippen LogP contribution in [0, 0.1) is 11.3 Å². The van der Waals surface area contributed by atoms with E-state index in [0.717, 1.165) is 32.2 Å². The highest BCUT2D eigenvalue weighted by molar-refractivity contribution is 5.85.